The van der Waals surface area contributed by atoms with E-state index in [2.05, 4.69) is 15.0 Å². The van der Waals surface area contributed by atoms with E-state index in [9.17, 15) is 32.3 Å². The first kappa shape index (κ1) is 47.7. The highest BCUT2D eigenvalue weighted by atomic mass is 19.4. The van der Waals surface area contributed by atoms with Crippen molar-refractivity contribution in [3.05, 3.63) is 119 Å². The molecule has 2 aliphatic heterocycles. The molecule has 2 amide bonds. The van der Waals surface area contributed by atoms with Crippen LogP contribution < -0.4 is 0 Å². The van der Waals surface area contributed by atoms with Crippen LogP contribution in [0.5, 0.6) is 0 Å². The Morgan fingerprint density at radius 3 is 1.45 bits per heavy atom. The summed E-state index contributed by atoms with van der Waals surface area (Å²) >= 11 is 0. The Bertz CT molecular complexity index is 2460. The number of alkyl halides is 3. The number of imidazole rings is 2. The second-order valence-corrected chi connectivity index (χ2v) is 18.2. The van der Waals surface area contributed by atoms with Crippen LogP contribution >= 0.6 is 0 Å². The molecule has 0 radical (unpaired) electrons. The third kappa shape index (κ3) is 10.7. The maximum Gasteiger partial charge on any atom is 0.416 e. The summed E-state index contributed by atoms with van der Waals surface area (Å²) in [7, 11) is 2.65. The number of ether oxygens (including phenoxy) is 2. The molecule has 66 heavy (non-hydrogen) atoms. The minimum absolute atomic E-state index is 0.0174. The van der Waals surface area contributed by atoms with Crippen molar-refractivity contribution in [3.63, 3.8) is 0 Å². The predicted octanol–water partition coefficient (Wildman–Crippen LogP) is 9.86. The maximum absolute atomic E-state index is 13.7. The molecule has 5 atom stereocenters. The van der Waals surface area contributed by atoms with Gasteiger partial charge in [0.1, 0.15) is 11.6 Å². The smallest absolute Gasteiger partial charge is 0.416 e. The highest BCUT2D eigenvalue weighted by Crippen LogP contribution is 2.38. The van der Waals surface area contributed by atoms with Gasteiger partial charge >= 0.3 is 18.1 Å². The monoisotopic (exact) mass is 908 g/mol. The van der Waals surface area contributed by atoms with Crippen molar-refractivity contribution in [1.82, 2.24) is 29.7 Å². The van der Waals surface area contributed by atoms with Gasteiger partial charge in [0, 0.05) is 19.0 Å². The number of H-pyrrole nitrogens is 2. The molecule has 2 aromatic heterocycles. The Hall–Kier alpha value is -6.25. The number of carbonyl (C=O) groups is 4. The minimum Gasteiger partial charge on any atom is -0.469 e. The van der Waals surface area contributed by atoms with Crippen LogP contribution in [0.15, 0.2) is 85.2 Å². The lowest BCUT2D eigenvalue weighted by atomic mass is 9.85. The number of aromatic amines is 2. The Balaban J connectivity index is 1.08. The van der Waals surface area contributed by atoms with Crippen molar-refractivity contribution in [3.8, 4) is 22.5 Å². The molecule has 12 nitrogen and oxygen atoms in total. The number of aromatic nitrogens is 4. The average Bonchev–Trinajstić information content (AvgIpc) is 4.16. The molecule has 2 aliphatic rings. The molecule has 1 unspecified atom stereocenters. The number of likely N-dealkylation sites (tertiary alicyclic amines) is 2. The number of methoxy groups -OCH3 is 2. The van der Waals surface area contributed by atoms with Gasteiger partial charge in [-0.2, -0.15) is 13.2 Å². The van der Waals surface area contributed by atoms with E-state index in [0.717, 1.165) is 77.0 Å². The Morgan fingerprint density at radius 1 is 0.652 bits per heavy atom. The van der Waals surface area contributed by atoms with Crippen LogP contribution in [0.25, 0.3) is 22.5 Å². The normalized spacial score (nSPS) is 17.9. The number of nitrogens with one attached hydrogen (secondary N) is 2. The molecule has 2 fully saturated rings. The zero-order valence-corrected chi connectivity index (χ0v) is 38.4. The third-order valence-corrected chi connectivity index (χ3v) is 13.3. The fourth-order valence-electron chi connectivity index (χ4n) is 9.39. The standard InChI is InChI=1S/C51H59F3N6O6/c1-30(2)38(26-45(61)65-5)49(63)59-23-7-9-43(59)47-55-28-41(57-47)35-13-11-32(12-14-35)25-40(34-19-21-37(22-20-34)51(52,53)54)33-15-17-36(18-16-33)42-29-56-48(58-42)44-10-8-24-60(44)50(64)39(31(3)4)27-46(62)66-6/h11-22,28-31,38-40,43-44H,7-10,23-27H2,1-6H3,(H,55,57)(H,56,58)/t38-,39-,40?,43-,44-/m0/s1. The lowest BCUT2D eigenvalue weighted by Crippen LogP contribution is -2.39. The van der Waals surface area contributed by atoms with Crippen molar-refractivity contribution in [2.45, 2.75) is 96.8 Å². The van der Waals surface area contributed by atoms with Crippen molar-refractivity contribution < 1.29 is 41.8 Å². The van der Waals surface area contributed by atoms with Crippen LogP contribution in [0.3, 0.4) is 0 Å². The van der Waals surface area contributed by atoms with Gasteiger partial charge in [0.05, 0.1) is 80.3 Å². The Morgan fingerprint density at radius 2 is 1.06 bits per heavy atom. The van der Waals surface area contributed by atoms with Crippen LogP contribution in [-0.4, -0.2) is 80.8 Å². The van der Waals surface area contributed by atoms with Crippen molar-refractivity contribution in [2.24, 2.45) is 23.7 Å². The topological polar surface area (TPSA) is 151 Å². The second-order valence-electron chi connectivity index (χ2n) is 18.2. The van der Waals surface area contributed by atoms with Crippen LogP contribution in [0.2, 0.25) is 0 Å². The molecular weight excluding hydrogens is 850 g/mol. The lowest BCUT2D eigenvalue weighted by molar-refractivity contribution is -0.148. The summed E-state index contributed by atoms with van der Waals surface area (Å²) in [5, 5.41) is 0. The first-order valence-electron chi connectivity index (χ1n) is 22.8. The third-order valence-electron chi connectivity index (χ3n) is 13.3. The summed E-state index contributed by atoms with van der Waals surface area (Å²) in [6.45, 7) is 8.87. The number of hydrogen-bond donors (Lipinski definition) is 2. The van der Waals surface area contributed by atoms with Crippen LogP contribution in [0.4, 0.5) is 13.2 Å². The molecule has 0 bridgehead atoms. The zero-order valence-electron chi connectivity index (χ0n) is 38.4. The van der Waals surface area contributed by atoms with Gasteiger partial charge in [-0.25, -0.2) is 9.97 Å². The van der Waals surface area contributed by atoms with Gasteiger partial charge in [-0.05, 0) is 83.9 Å². The molecular formula is C51H59F3N6O6. The quantitative estimate of drug-likeness (QED) is 0.0930. The van der Waals surface area contributed by atoms with E-state index in [4.69, 9.17) is 14.5 Å². The average molecular weight is 909 g/mol. The second kappa shape index (κ2) is 20.5. The van der Waals surface area contributed by atoms with E-state index in [1.807, 2.05) is 86.0 Å². The summed E-state index contributed by atoms with van der Waals surface area (Å²) < 4.78 is 50.7. The highest BCUT2D eigenvalue weighted by molar-refractivity contribution is 5.85. The molecule has 0 spiro atoms. The maximum atomic E-state index is 13.7. The molecule has 3 aromatic carbocycles. The number of carbonyl (C=O) groups excluding carboxylic acids is 4. The number of esters is 2. The Kier molecular flexibility index (Phi) is 14.8. The molecule has 2 N–H and O–H groups in total. The van der Waals surface area contributed by atoms with E-state index in [1.165, 1.54) is 14.2 Å². The number of hydrogen-bond acceptors (Lipinski definition) is 8. The van der Waals surface area contributed by atoms with Crippen LogP contribution in [0, 0.1) is 23.7 Å². The van der Waals surface area contributed by atoms with Gasteiger partial charge in [0.15, 0.2) is 0 Å². The molecule has 4 heterocycles. The number of rotatable bonds is 16. The van der Waals surface area contributed by atoms with Gasteiger partial charge < -0.3 is 29.2 Å². The summed E-state index contributed by atoms with van der Waals surface area (Å²) in [5.74, 6) is -1.02. The summed E-state index contributed by atoms with van der Waals surface area (Å²) in [6, 6.07) is 20.7. The van der Waals surface area contributed by atoms with Gasteiger partial charge in [-0.3, -0.25) is 19.2 Å². The predicted molar refractivity (Wildman–Crippen MR) is 242 cm³/mol. The van der Waals surface area contributed by atoms with E-state index in [-0.39, 0.29) is 54.5 Å². The summed E-state index contributed by atoms with van der Waals surface area (Å²) in [4.78, 5) is 71.6. The molecule has 15 heteroatoms. The van der Waals surface area contributed by atoms with Crippen LogP contribution in [-0.2, 0) is 41.2 Å². The first-order chi connectivity index (χ1) is 31.6. The summed E-state index contributed by atoms with van der Waals surface area (Å²) in [6.07, 6.45) is 2.71. The first-order valence-corrected chi connectivity index (χ1v) is 22.8. The number of halogens is 3. The number of nitrogens with zero attached hydrogens (tertiary/aromatic N) is 4. The van der Waals surface area contributed by atoms with Gasteiger partial charge in [0.25, 0.3) is 0 Å². The Labute approximate surface area is 383 Å². The molecule has 350 valence electrons. The van der Waals surface area contributed by atoms with E-state index >= 15 is 0 Å². The lowest BCUT2D eigenvalue weighted by Gasteiger charge is -2.29. The van der Waals surface area contributed by atoms with Crippen LogP contribution in [0.1, 0.15) is 118 Å². The number of amides is 2. The number of benzene rings is 3. The highest BCUT2D eigenvalue weighted by Gasteiger charge is 2.39. The molecule has 0 saturated carbocycles. The molecule has 2 saturated heterocycles. The molecule has 7 rings (SSSR count). The van der Waals surface area contributed by atoms with Crippen molar-refractivity contribution >= 4 is 23.8 Å². The van der Waals surface area contributed by atoms with Crippen molar-refractivity contribution in [1.29, 1.82) is 0 Å². The zero-order chi connectivity index (χ0) is 47.3. The molecule has 5 aromatic rings. The summed E-state index contributed by atoms with van der Waals surface area (Å²) in [5.41, 5.74) is 5.22. The van der Waals surface area contributed by atoms with Gasteiger partial charge in [0.2, 0.25) is 11.8 Å². The van der Waals surface area contributed by atoms with Gasteiger partial charge in [-0.1, -0.05) is 88.4 Å². The molecule has 0 aliphatic carbocycles. The van der Waals surface area contributed by atoms with E-state index in [1.54, 1.807) is 24.5 Å². The fraction of sp³-hybridized carbons (Fsp3) is 0.451. The SMILES string of the molecule is COC(=O)C[C@H](C(=O)N1CCC[C@H]1c1ncc(-c2ccc(CC(c3ccc(-c4cnc([C@@H]5CCCN5C(=O)[C@@H](CC(=O)OC)C(C)C)[nH]4)cc3)c3ccc(C(F)(F)F)cc3)cc2)[nH]1)C(C)C. The largest absolute Gasteiger partial charge is 0.469 e. The minimum atomic E-state index is -4.46. The van der Waals surface area contributed by atoms with Gasteiger partial charge in [-0.15, -0.1) is 0 Å². The fourth-order valence-corrected chi connectivity index (χ4v) is 9.39. The van der Waals surface area contributed by atoms with E-state index < -0.39 is 35.5 Å². The van der Waals surface area contributed by atoms with E-state index in [0.29, 0.717) is 31.2 Å². The van der Waals surface area contributed by atoms with Crippen molar-refractivity contribution in [2.75, 3.05) is 27.3 Å².